The second kappa shape index (κ2) is 5.85. The Labute approximate surface area is 105 Å². The van der Waals surface area contributed by atoms with E-state index in [1.54, 1.807) is 0 Å². The molecule has 1 N–H and O–H groups in total. The fourth-order valence-corrected chi connectivity index (χ4v) is 2.81. The highest BCUT2D eigenvalue weighted by Crippen LogP contribution is 2.39. The van der Waals surface area contributed by atoms with Crippen LogP contribution in [0.1, 0.15) is 53.4 Å². The number of carbonyl (C=O) groups is 1. The van der Waals surface area contributed by atoms with Gasteiger partial charge in [-0.3, -0.25) is 9.69 Å². The van der Waals surface area contributed by atoms with Crippen LogP contribution in [-0.2, 0) is 4.79 Å². The number of nitrogens with zero attached hydrogens (tertiary/aromatic N) is 1. The van der Waals surface area contributed by atoms with Crippen molar-refractivity contribution in [2.45, 2.75) is 59.4 Å². The molecular formula is C14H27NO2. The molecule has 17 heavy (non-hydrogen) atoms. The molecule has 0 amide bonds. The van der Waals surface area contributed by atoms with Crippen molar-refractivity contribution in [1.82, 2.24) is 4.90 Å². The zero-order valence-electron chi connectivity index (χ0n) is 11.7. The number of hydrogen-bond donors (Lipinski definition) is 1. The monoisotopic (exact) mass is 241 g/mol. The van der Waals surface area contributed by atoms with Crippen molar-refractivity contribution < 1.29 is 9.90 Å². The molecule has 0 heterocycles. The second-order valence-electron chi connectivity index (χ2n) is 6.21. The van der Waals surface area contributed by atoms with Crippen LogP contribution in [0.15, 0.2) is 0 Å². The molecule has 0 atom stereocenters. The van der Waals surface area contributed by atoms with E-state index in [9.17, 15) is 9.90 Å². The van der Waals surface area contributed by atoms with E-state index in [-0.39, 0.29) is 0 Å². The maximum absolute atomic E-state index is 11.5. The SMILES string of the molecule is CC(C)CN(CC1(C(=O)O)CCCC1)C(C)C. The van der Waals surface area contributed by atoms with Crippen molar-refractivity contribution in [1.29, 1.82) is 0 Å². The van der Waals surface area contributed by atoms with Gasteiger partial charge in [-0.05, 0) is 32.6 Å². The average Bonchev–Trinajstić information content (AvgIpc) is 2.65. The number of carboxylic acid groups (broad SMARTS) is 1. The summed E-state index contributed by atoms with van der Waals surface area (Å²) in [5, 5.41) is 9.50. The van der Waals surface area contributed by atoms with Crippen LogP contribution < -0.4 is 0 Å². The molecule has 1 aliphatic rings. The summed E-state index contributed by atoms with van der Waals surface area (Å²) in [4.78, 5) is 13.9. The summed E-state index contributed by atoms with van der Waals surface area (Å²) in [6.45, 7) is 10.4. The normalized spacial score (nSPS) is 19.5. The molecule has 0 aromatic rings. The van der Waals surface area contributed by atoms with Crippen molar-refractivity contribution in [3.05, 3.63) is 0 Å². The maximum Gasteiger partial charge on any atom is 0.310 e. The molecule has 3 heteroatoms. The molecule has 0 unspecified atom stereocenters. The first kappa shape index (κ1) is 14.5. The quantitative estimate of drug-likeness (QED) is 0.777. The van der Waals surface area contributed by atoms with Crippen LogP contribution in [0.25, 0.3) is 0 Å². The minimum absolute atomic E-state index is 0.425. The van der Waals surface area contributed by atoms with Crippen molar-refractivity contribution in [3.63, 3.8) is 0 Å². The minimum atomic E-state index is -0.593. The highest BCUT2D eigenvalue weighted by Gasteiger charge is 2.42. The lowest BCUT2D eigenvalue weighted by molar-refractivity contribution is -0.150. The van der Waals surface area contributed by atoms with Crippen LogP contribution in [0.3, 0.4) is 0 Å². The van der Waals surface area contributed by atoms with E-state index in [2.05, 4.69) is 32.6 Å². The number of rotatable bonds is 6. The van der Waals surface area contributed by atoms with Crippen LogP contribution in [0.5, 0.6) is 0 Å². The lowest BCUT2D eigenvalue weighted by atomic mass is 9.85. The van der Waals surface area contributed by atoms with Gasteiger partial charge in [0.2, 0.25) is 0 Å². The van der Waals surface area contributed by atoms with Gasteiger partial charge in [0.25, 0.3) is 0 Å². The van der Waals surface area contributed by atoms with E-state index in [4.69, 9.17) is 0 Å². The molecule has 0 aromatic heterocycles. The predicted molar refractivity (Wildman–Crippen MR) is 70.1 cm³/mol. The van der Waals surface area contributed by atoms with Gasteiger partial charge in [-0.25, -0.2) is 0 Å². The molecule has 0 saturated heterocycles. The fourth-order valence-electron chi connectivity index (χ4n) is 2.81. The van der Waals surface area contributed by atoms with E-state index in [0.717, 1.165) is 38.8 Å². The van der Waals surface area contributed by atoms with Crippen molar-refractivity contribution in [3.8, 4) is 0 Å². The summed E-state index contributed by atoms with van der Waals surface area (Å²) in [6.07, 6.45) is 3.84. The Morgan fingerprint density at radius 3 is 2.12 bits per heavy atom. The van der Waals surface area contributed by atoms with Crippen molar-refractivity contribution in [2.75, 3.05) is 13.1 Å². The summed E-state index contributed by atoms with van der Waals surface area (Å²) in [5.74, 6) is -0.00551. The van der Waals surface area contributed by atoms with E-state index < -0.39 is 11.4 Å². The first-order valence-corrected chi connectivity index (χ1v) is 6.85. The molecule has 1 rings (SSSR count). The average molecular weight is 241 g/mol. The Bertz CT molecular complexity index is 255. The Morgan fingerprint density at radius 1 is 1.24 bits per heavy atom. The van der Waals surface area contributed by atoms with Gasteiger partial charge in [-0.15, -0.1) is 0 Å². The van der Waals surface area contributed by atoms with Crippen LogP contribution >= 0.6 is 0 Å². The lowest BCUT2D eigenvalue weighted by Crippen LogP contribution is -2.45. The zero-order chi connectivity index (χ0) is 13.1. The predicted octanol–water partition coefficient (Wildman–Crippen LogP) is 3.00. The van der Waals surface area contributed by atoms with E-state index in [1.807, 2.05) is 0 Å². The van der Waals surface area contributed by atoms with Crippen molar-refractivity contribution >= 4 is 5.97 Å². The third-order valence-electron chi connectivity index (χ3n) is 3.85. The van der Waals surface area contributed by atoms with Crippen LogP contribution in [0, 0.1) is 11.3 Å². The van der Waals surface area contributed by atoms with Gasteiger partial charge >= 0.3 is 5.97 Å². The maximum atomic E-state index is 11.5. The van der Waals surface area contributed by atoms with Gasteiger partial charge in [0.15, 0.2) is 0 Å². The summed E-state index contributed by atoms with van der Waals surface area (Å²) >= 11 is 0. The molecule has 100 valence electrons. The number of hydrogen-bond acceptors (Lipinski definition) is 2. The van der Waals surface area contributed by atoms with Crippen LogP contribution in [-0.4, -0.2) is 35.1 Å². The Morgan fingerprint density at radius 2 is 1.76 bits per heavy atom. The second-order valence-corrected chi connectivity index (χ2v) is 6.21. The van der Waals surface area contributed by atoms with Crippen LogP contribution in [0.4, 0.5) is 0 Å². The summed E-state index contributed by atoms with van der Waals surface area (Å²) in [5.41, 5.74) is -0.473. The van der Waals surface area contributed by atoms with Gasteiger partial charge in [0, 0.05) is 19.1 Å². The molecule has 1 aliphatic carbocycles. The highest BCUT2D eigenvalue weighted by molar-refractivity contribution is 5.75. The number of aliphatic carboxylic acids is 1. The minimum Gasteiger partial charge on any atom is -0.481 e. The Balaban J connectivity index is 2.72. The van der Waals surface area contributed by atoms with Gasteiger partial charge < -0.3 is 5.11 Å². The van der Waals surface area contributed by atoms with Crippen molar-refractivity contribution in [2.24, 2.45) is 11.3 Å². The van der Waals surface area contributed by atoms with E-state index in [1.165, 1.54) is 0 Å². The standard InChI is InChI=1S/C14H27NO2/c1-11(2)9-15(12(3)4)10-14(13(16)17)7-5-6-8-14/h11-12H,5-10H2,1-4H3,(H,16,17). The highest BCUT2D eigenvalue weighted by atomic mass is 16.4. The smallest absolute Gasteiger partial charge is 0.310 e. The van der Waals surface area contributed by atoms with Crippen LogP contribution in [0.2, 0.25) is 0 Å². The summed E-state index contributed by atoms with van der Waals surface area (Å²) in [6, 6.07) is 0.425. The lowest BCUT2D eigenvalue weighted by Gasteiger charge is -2.35. The van der Waals surface area contributed by atoms with Gasteiger partial charge in [0.1, 0.15) is 0 Å². The molecule has 0 radical (unpaired) electrons. The van der Waals surface area contributed by atoms with E-state index >= 15 is 0 Å². The molecular weight excluding hydrogens is 214 g/mol. The molecule has 1 fully saturated rings. The largest absolute Gasteiger partial charge is 0.481 e. The van der Waals surface area contributed by atoms with Gasteiger partial charge in [-0.2, -0.15) is 0 Å². The molecule has 0 bridgehead atoms. The molecule has 0 aromatic carbocycles. The topological polar surface area (TPSA) is 40.5 Å². The fraction of sp³-hybridized carbons (Fsp3) is 0.929. The summed E-state index contributed by atoms with van der Waals surface area (Å²) in [7, 11) is 0. The Kier molecular flexibility index (Phi) is 4.99. The Hall–Kier alpha value is -0.570. The first-order chi connectivity index (χ1) is 7.87. The summed E-state index contributed by atoms with van der Waals surface area (Å²) < 4.78 is 0. The van der Waals surface area contributed by atoms with E-state index in [0.29, 0.717) is 12.0 Å². The molecule has 0 aliphatic heterocycles. The molecule has 0 spiro atoms. The van der Waals surface area contributed by atoms with Gasteiger partial charge in [0.05, 0.1) is 5.41 Å². The molecule has 3 nitrogen and oxygen atoms in total. The first-order valence-electron chi connectivity index (χ1n) is 6.85. The number of carboxylic acids is 1. The third kappa shape index (κ3) is 3.70. The zero-order valence-corrected chi connectivity index (χ0v) is 11.7. The third-order valence-corrected chi connectivity index (χ3v) is 3.85. The molecule has 1 saturated carbocycles. The van der Waals surface area contributed by atoms with Gasteiger partial charge in [-0.1, -0.05) is 26.7 Å².